The smallest absolute Gasteiger partial charge is 0.405 e. The molecule has 6 nitrogen and oxygen atoms in total. The van der Waals surface area contributed by atoms with E-state index in [1.807, 2.05) is 0 Å². The number of phenols is 1. The van der Waals surface area contributed by atoms with Crippen molar-refractivity contribution >= 4 is 12.0 Å². The lowest BCUT2D eigenvalue weighted by Crippen LogP contribution is -2.49. The standard InChI is InChI=1S/C13H18N2O4/c1-8(2)14-12(17)11(15-13(18)19)7-9-3-5-10(16)6-4-9/h3-6,8,11,15-16H,7H2,1-2H3,(H,14,17)(H,18,19). The third-order valence-corrected chi connectivity index (χ3v) is 2.42. The van der Waals surface area contributed by atoms with E-state index in [2.05, 4.69) is 10.6 Å². The number of carboxylic acid groups (broad SMARTS) is 1. The fourth-order valence-corrected chi connectivity index (χ4v) is 1.61. The molecule has 2 amide bonds. The molecule has 0 aliphatic heterocycles. The Kier molecular flexibility index (Phi) is 5.17. The van der Waals surface area contributed by atoms with E-state index < -0.39 is 12.1 Å². The Morgan fingerprint density at radius 3 is 2.21 bits per heavy atom. The number of carbonyl (C=O) groups excluding carboxylic acids is 1. The zero-order valence-electron chi connectivity index (χ0n) is 10.9. The first-order valence-electron chi connectivity index (χ1n) is 5.96. The zero-order chi connectivity index (χ0) is 14.4. The number of carbonyl (C=O) groups is 2. The summed E-state index contributed by atoms with van der Waals surface area (Å²) in [5.74, 6) is -0.247. The summed E-state index contributed by atoms with van der Waals surface area (Å²) < 4.78 is 0. The molecule has 19 heavy (non-hydrogen) atoms. The van der Waals surface area contributed by atoms with Crippen LogP contribution in [0.2, 0.25) is 0 Å². The average Bonchev–Trinajstić information content (AvgIpc) is 2.29. The molecule has 104 valence electrons. The maximum Gasteiger partial charge on any atom is 0.405 e. The second-order valence-corrected chi connectivity index (χ2v) is 4.54. The van der Waals surface area contributed by atoms with Crippen LogP contribution in [0.3, 0.4) is 0 Å². The molecule has 1 aromatic carbocycles. The van der Waals surface area contributed by atoms with Crippen molar-refractivity contribution in [1.82, 2.24) is 10.6 Å². The van der Waals surface area contributed by atoms with Gasteiger partial charge in [-0.2, -0.15) is 0 Å². The molecule has 1 atom stereocenters. The number of hydrogen-bond donors (Lipinski definition) is 4. The molecule has 0 aliphatic rings. The Balaban J connectivity index is 2.76. The van der Waals surface area contributed by atoms with Crippen LogP contribution in [-0.2, 0) is 11.2 Å². The number of hydrogen-bond acceptors (Lipinski definition) is 3. The molecule has 0 aromatic heterocycles. The van der Waals surface area contributed by atoms with Crippen LogP contribution in [0.1, 0.15) is 19.4 Å². The third kappa shape index (κ3) is 5.29. The summed E-state index contributed by atoms with van der Waals surface area (Å²) in [5.41, 5.74) is 0.760. The van der Waals surface area contributed by atoms with E-state index in [4.69, 9.17) is 5.11 Å². The fraction of sp³-hybridized carbons (Fsp3) is 0.385. The summed E-state index contributed by atoms with van der Waals surface area (Å²) in [6.07, 6.45) is -1.02. The van der Waals surface area contributed by atoms with Gasteiger partial charge in [-0.05, 0) is 31.5 Å². The predicted octanol–water partition coefficient (Wildman–Crippen LogP) is 1.10. The van der Waals surface area contributed by atoms with Crippen LogP contribution < -0.4 is 10.6 Å². The molecule has 0 radical (unpaired) electrons. The van der Waals surface area contributed by atoms with Crippen molar-refractivity contribution in [2.75, 3.05) is 0 Å². The van der Waals surface area contributed by atoms with E-state index in [0.29, 0.717) is 0 Å². The van der Waals surface area contributed by atoms with Crippen molar-refractivity contribution < 1.29 is 19.8 Å². The van der Waals surface area contributed by atoms with Gasteiger partial charge < -0.3 is 20.8 Å². The second kappa shape index (κ2) is 6.63. The van der Waals surface area contributed by atoms with Crippen LogP contribution in [-0.4, -0.2) is 34.3 Å². The molecular weight excluding hydrogens is 248 g/mol. The third-order valence-electron chi connectivity index (χ3n) is 2.42. The molecule has 0 saturated carbocycles. The molecule has 0 saturated heterocycles. The van der Waals surface area contributed by atoms with Gasteiger partial charge >= 0.3 is 6.09 Å². The number of benzene rings is 1. The second-order valence-electron chi connectivity index (χ2n) is 4.54. The van der Waals surface area contributed by atoms with Crippen LogP contribution >= 0.6 is 0 Å². The highest BCUT2D eigenvalue weighted by Crippen LogP contribution is 2.11. The lowest BCUT2D eigenvalue weighted by Gasteiger charge is -2.18. The Labute approximate surface area is 111 Å². The van der Waals surface area contributed by atoms with E-state index in [9.17, 15) is 14.7 Å². The molecule has 1 aromatic rings. The summed E-state index contributed by atoms with van der Waals surface area (Å²) in [5, 5.41) is 22.8. The summed E-state index contributed by atoms with van der Waals surface area (Å²) in [6, 6.07) is 5.36. The monoisotopic (exact) mass is 266 g/mol. The van der Waals surface area contributed by atoms with Crippen LogP contribution in [0.4, 0.5) is 4.79 Å². The minimum atomic E-state index is -1.25. The van der Waals surface area contributed by atoms with Crippen LogP contribution in [0, 0.1) is 0 Å². The number of amides is 2. The number of nitrogens with one attached hydrogen (secondary N) is 2. The van der Waals surface area contributed by atoms with Gasteiger partial charge in [0.2, 0.25) is 5.91 Å². The molecular formula is C13H18N2O4. The van der Waals surface area contributed by atoms with Gasteiger partial charge in [-0.15, -0.1) is 0 Å². The molecule has 0 fully saturated rings. The highest BCUT2D eigenvalue weighted by Gasteiger charge is 2.21. The first kappa shape index (κ1) is 14.8. The van der Waals surface area contributed by atoms with Gasteiger partial charge in [0.15, 0.2) is 0 Å². The summed E-state index contributed by atoms with van der Waals surface area (Å²) in [7, 11) is 0. The number of phenolic OH excluding ortho intramolecular Hbond substituents is 1. The molecule has 0 heterocycles. The molecule has 6 heteroatoms. The van der Waals surface area contributed by atoms with Gasteiger partial charge in [0.05, 0.1) is 0 Å². The topological polar surface area (TPSA) is 98.7 Å². The van der Waals surface area contributed by atoms with E-state index in [-0.39, 0.29) is 24.1 Å². The predicted molar refractivity (Wildman–Crippen MR) is 70.0 cm³/mol. The van der Waals surface area contributed by atoms with Crippen LogP contribution in [0.25, 0.3) is 0 Å². The summed E-state index contributed by atoms with van der Waals surface area (Å²) in [4.78, 5) is 22.6. The van der Waals surface area contributed by atoms with Crippen molar-refractivity contribution in [3.8, 4) is 5.75 Å². The van der Waals surface area contributed by atoms with Gasteiger partial charge in [-0.3, -0.25) is 4.79 Å². The Bertz CT molecular complexity index is 442. The van der Waals surface area contributed by atoms with Crippen molar-refractivity contribution in [1.29, 1.82) is 0 Å². The summed E-state index contributed by atoms with van der Waals surface area (Å²) in [6.45, 7) is 3.60. The van der Waals surface area contributed by atoms with Gasteiger partial charge in [-0.25, -0.2) is 4.79 Å². The van der Waals surface area contributed by atoms with E-state index in [1.165, 1.54) is 12.1 Å². The molecule has 0 spiro atoms. The maximum atomic E-state index is 11.9. The van der Waals surface area contributed by atoms with Gasteiger partial charge in [-0.1, -0.05) is 12.1 Å². The average molecular weight is 266 g/mol. The Morgan fingerprint density at radius 1 is 1.16 bits per heavy atom. The maximum absolute atomic E-state index is 11.9. The van der Waals surface area contributed by atoms with Crippen molar-refractivity contribution in [3.63, 3.8) is 0 Å². The van der Waals surface area contributed by atoms with E-state index in [0.717, 1.165) is 5.56 Å². The van der Waals surface area contributed by atoms with Crippen molar-refractivity contribution in [2.45, 2.75) is 32.4 Å². The quantitative estimate of drug-likeness (QED) is 0.641. The lowest BCUT2D eigenvalue weighted by molar-refractivity contribution is -0.123. The minimum absolute atomic E-state index is 0.0644. The normalized spacial score (nSPS) is 11.9. The fourth-order valence-electron chi connectivity index (χ4n) is 1.61. The van der Waals surface area contributed by atoms with Gasteiger partial charge in [0.1, 0.15) is 11.8 Å². The number of rotatable bonds is 5. The van der Waals surface area contributed by atoms with E-state index >= 15 is 0 Å². The SMILES string of the molecule is CC(C)NC(=O)C(Cc1ccc(O)cc1)NC(=O)O. The van der Waals surface area contributed by atoms with Gasteiger partial charge in [0, 0.05) is 12.5 Å². The minimum Gasteiger partial charge on any atom is -0.508 e. The zero-order valence-corrected chi connectivity index (χ0v) is 10.9. The molecule has 4 N–H and O–H groups in total. The van der Waals surface area contributed by atoms with Crippen molar-refractivity contribution in [3.05, 3.63) is 29.8 Å². The Morgan fingerprint density at radius 2 is 1.74 bits per heavy atom. The van der Waals surface area contributed by atoms with Crippen LogP contribution in [0.15, 0.2) is 24.3 Å². The molecule has 0 aliphatic carbocycles. The van der Waals surface area contributed by atoms with Gasteiger partial charge in [0.25, 0.3) is 0 Å². The Hall–Kier alpha value is -2.24. The summed E-state index contributed by atoms with van der Waals surface area (Å²) >= 11 is 0. The molecule has 1 rings (SSSR count). The first-order valence-corrected chi connectivity index (χ1v) is 5.96. The first-order chi connectivity index (χ1) is 8.88. The van der Waals surface area contributed by atoms with Crippen LogP contribution in [0.5, 0.6) is 5.75 Å². The molecule has 0 bridgehead atoms. The lowest BCUT2D eigenvalue weighted by atomic mass is 10.0. The van der Waals surface area contributed by atoms with Crippen molar-refractivity contribution in [2.24, 2.45) is 0 Å². The molecule has 1 unspecified atom stereocenters. The largest absolute Gasteiger partial charge is 0.508 e. The number of aromatic hydroxyl groups is 1. The van der Waals surface area contributed by atoms with E-state index in [1.54, 1.807) is 26.0 Å². The highest BCUT2D eigenvalue weighted by molar-refractivity contribution is 5.85. The highest BCUT2D eigenvalue weighted by atomic mass is 16.4.